The first-order valence-electron chi connectivity index (χ1n) is 9.25. The van der Waals surface area contributed by atoms with Gasteiger partial charge >= 0.3 is 0 Å². The van der Waals surface area contributed by atoms with E-state index in [0.29, 0.717) is 0 Å². The molecule has 0 aliphatic rings. The zero-order valence-electron chi connectivity index (χ0n) is 16.5. The fourth-order valence-corrected chi connectivity index (χ4v) is 3.29. The molecule has 0 saturated heterocycles. The van der Waals surface area contributed by atoms with Crippen molar-refractivity contribution in [1.29, 1.82) is 5.26 Å². The Bertz CT molecular complexity index is 1410. The molecule has 0 amide bonds. The van der Waals surface area contributed by atoms with E-state index in [4.69, 9.17) is 11.5 Å². The van der Waals surface area contributed by atoms with Crippen LogP contribution in [0.3, 0.4) is 0 Å². The number of aromatic amines is 1. The molecule has 162 valence electrons. The molecule has 0 radical (unpaired) electrons. The molecule has 0 fully saturated rings. The number of hydrogen-bond acceptors (Lipinski definition) is 9. The number of nitrogens with one attached hydrogen (secondary N) is 2. The second-order valence-electron chi connectivity index (χ2n) is 6.76. The van der Waals surface area contributed by atoms with Gasteiger partial charge in [0, 0.05) is 17.8 Å². The SMILES string of the molecule is C[C@H](Nc1nc(N)nc(N)c1C#N)c1nc2c(C(F)F)cccc2c(=O)n1-c1cc[nH]n1. The number of nitrogen functional groups attached to an aromatic ring is 2. The third-order valence-electron chi connectivity index (χ3n) is 4.71. The smallest absolute Gasteiger partial charge is 0.267 e. The van der Waals surface area contributed by atoms with E-state index in [1.807, 2.05) is 6.07 Å². The number of H-pyrrole nitrogens is 1. The number of halogens is 2. The van der Waals surface area contributed by atoms with Crippen molar-refractivity contribution >= 4 is 28.5 Å². The van der Waals surface area contributed by atoms with Crippen molar-refractivity contribution in [3.63, 3.8) is 0 Å². The van der Waals surface area contributed by atoms with Gasteiger partial charge in [0.2, 0.25) is 5.95 Å². The standard InChI is InChI=1S/C19H16F2N10O/c1-8(26-16-11(7-22)15(23)28-19(24)29-16)17-27-13-9(14(20)21)3-2-4-10(13)18(32)31(17)12-5-6-25-30-12/h2-6,8,14H,1H3,(H,25,30)(H5,23,24,26,28,29)/t8-/m0/s1. The van der Waals surface area contributed by atoms with Crippen molar-refractivity contribution < 1.29 is 8.78 Å². The summed E-state index contributed by atoms with van der Waals surface area (Å²) in [5.41, 5.74) is 10.2. The maximum Gasteiger partial charge on any atom is 0.267 e. The molecular formula is C19H16F2N10O. The van der Waals surface area contributed by atoms with Gasteiger partial charge in [-0.3, -0.25) is 9.89 Å². The van der Waals surface area contributed by atoms with Gasteiger partial charge in [0.25, 0.3) is 12.0 Å². The molecule has 11 nitrogen and oxygen atoms in total. The van der Waals surface area contributed by atoms with Crippen LogP contribution in [0.15, 0.2) is 35.3 Å². The van der Waals surface area contributed by atoms with E-state index in [1.165, 1.54) is 35.0 Å². The van der Waals surface area contributed by atoms with Crippen LogP contribution in [-0.2, 0) is 0 Å². The number of rotatable bonds is 5. The Kier molecular flexibility index (Phi) is 5.11. The Morgan fingerprint density at radius 1 is 1.22 bits per heavy atom. The van der Waals surface area contributed by atoms with Crippen molar-refractivity contribution in [3.05, 3.63) is 57.8 Å². The first kappa shape index (κ1) is 20.7. The average Bonchev–Trinajstić information content (AvgIpc) is 3.27. The lowest BCUT2D eigenvalue weighted by Crippen LogP contribution is -2.28. The highest BCUT2D eigenvalue weighted by atomic mass is 19.3. The highest BCUT2D eigenvalue weighted by Gasteiger charge is 2.24. The molecule has 0 aliphatic carbocycles. The summed E-state index contributed by atoms with van der Waals surface area (Å²) < 4.78 is 28.4. The molecule has 0 saturated carbocycles. The van der Waals surface area contributed by atoms with Crippen LogP contribution in [0.2, 0.25) is 0 Å². The number of aromatic nitrogens is 6. The average molecular weight is 438 g/mol. The molecule has 6 N–H and O–H groups in total. The zero-order valence-corrected chi connectivity index (χ0v) is 16.5. The van der Waals surface area contributed by atoms with E-state index >= 15 is 0 Å². The van der Waals surface area contributed by atoms with Gasteiger partial charge in [0.05, 0.1) is 16.9 Å². The van der Waals surface area contributed by atoms with Crippen LogP contribution in [0.5, 0.6) is 0 Å². The van der Waals surface area contributed by atoms with Crippen LogP contribution in [0.1, 0.15) is 36.3 Å². The third kappa shape index (κ3) is 3.43. The maximum absolute atomic E-state index is 13.6. The molecule has 1 aromatic carbocycles. The summed E-state index contributed by atoms with van der Waals surface area (Å²) in [7, 11) is 0. The minimum Gasteiger partial charge on any atom is -0.382 e. The Morgan fingerprint density at radius 2 is 2.00 bits per heavy atom. The van der Waals surface area contributed by atoms with Gasteiger partial charge in [0.15, 0.2) is 11.6 Å². The van der Waals surface area contributed by atoms with Crippen LogP contribution in [0.4, 0.5) is 26.4 Å². The molecule has 3 aromatic heterocycles. The molecule has 4 rings (SSSR count). The summed E-state index contributed by atoms with van der Waals surface area (Å²) in [6.45, 7) is 1.61. The van der Waals surface area contributed by atoms with Gasteiger partial charge in [-0.2, -0.15) is 20.3 Å². The highest BCUT2D eigenvalue weighted by molar-refractivity contribution is 5.81. The summed E-state index contributed by atoms with van der Waals surface area (Å²) >= 11 is 0. The van der Waals surface area contributed by atoms with Gasteiger partial charge in [-0.05, 0) is 13.0 Å². The van der Waals surface area contributed by atoms with Crippen LogP contribution in [0, 0.1) is 11.3 Å². The molecule has 32 heavy (non-hydrogen) atoms. The second kappa shape index (κ2) is 7.91. The van der Waals surface area contributed by atoms with Crippen molar-refractivity contribution in [2.75, 3.05) is 16.8 Å². The summed E-state index contributed by atoms with van der Waals surface area (Å²) in [5, 5.41) is 19.0. The highest BCUT2D eigenvalue weighted by Crippen LogP contribution is 2.28. The van der Waals surface area contributed by atoms with E-state index in [-0.39, 0.29) is 51.3 Å². The van der Waals surface area contributed by atoms with E-state index < -0.39 is 18.0 Å². The van der Waals surface area contributed by atoms with Crippen LogP contribution < -0.4 is 22.3 Å². The van der Waals surface area contributed by atoms with E-state index in [0.717, 1.165) is 0 Å². The van der Waals surface area contributed by atoms with Gasteiger partial charge in [0.1, 0.15) is 23.3 Å². The molecule has 0 unspecified atom stereocenters. The van der Waals surface area contributed by atoms with Crippen LogP contribution in [-0.4, -0.2) is 29.7 Å². The van der Waals surface area contributed by atoms with Crippen molar-refractivity contribution in [2.24, 2.45) is 0 Å². The third-order valence-corrected chi connectivity index (χ3v) is 4.71. The van der Waals surface area contributed by atoms with Gasteiger partial charge in [-0.25, -0.2) is 18.3 Å². The first-order valence-corrected chi connectivity index (χ1v) is 9.25. The molecule has 0 spiro atoms. The lowest BCUT2D eigenvalue weighted by Gasteiger charge is -2.20. The topological polar surface area (TPSA) is 177 Å². The Labute approximate surface area is 178 Å². The van der Waals surface area contributed by atoms with Gasteiger partial charge in [-0.15, -0.1) is 0 Å². The fourth-order valence-electron chi connectivity index (χ4n) is 3.29. The lowest BCUT2D eigenvalue weighted by molar-refractivity contribution is 0.153. The number of fused-ring (bicyclic) bond motifs is 1. The predicted molar refractivity (Wildman–Crippen MR) is 112 cm³/mol. The number of anilines is 3. The Hall–Kier alpha value is -4.60. The van der Waals surface area contributed by atoms with E-state index in [2.05, 4.69) is 30.5 Å². The molecule has 0 aliphatic heterocycles. The number of alkyl halides is 2. The first-order chi connectivity index (χ1) is 15.3. The lowest BCUT2D eigenvalue weighted by atomic mass is 10.1. The molecule has 1 atom stereocenters. The molecule has 0 bridgehead atoms. The monoisotopic (exact) mass is 438 g/mol. The largest absolute Gasteiger partial charge is 0.382 e. The van der Waals surface area contributed by atoms with Crippen LogP contribution >= 0.6 is 0 Å². The number of benzene rings is 1. The van der Waals surface area contributed by atoms with Crippen molar-refractivity contribution in [3.8, 4) is 11.9 Å². The molecule has 13 heteroatoms. The number of nitrogens with two attached hydrogens (primary N) is 2. The van der Waals surface area contributed by atoms with Crippen LogP contribution in [0.25, 0.3) is 16.7 Å². The fraction of sp³-hybridized carbons (Fsp3) is 0.158. The maximum atomic E-state index is 13.6. The normalized spacial score (nSPS) is 12.1. The predicted octanol–water partition coefficient (Wildman–Crippen LogP) is 2.05. The molecular weight excluding hydrogens is 422 g/mol. The second-order valence-corrected chi connectivity index (χ2v) is 6.76. The summed E-state index contributed by atoms with van der Waals surface area (Å²) in [6.07, 6.45) is -1.34. The minimum absolute atomic E-state index is 0.00925. The number of nitrogens with zero attached hydrogens (tertiary/aromatic N) is 6. The number of hydrogen-bond donors (Lipinski definition) is 4. The van der Waals surface area contributed by atoms with Crippen molar-refractivity contribution in [2.45, 2.75) is 19.4 Å². The number of para-hydroxylation sites is 1. The molecule has 3 heterocycles. The Morgan fingerprint density at radius 3 is 2.66 bits per heavy atom. The number of nitriles is 1. The molecule has 4 aromatic rings. The Balaban J connectivity index is 1.95. The zero-order chi connectivity index (χ0) is 23.0. The summed E-state index contributed by atoms with van der Waals surface area (Å²) in [6, 6.07) is 6.60. The van der Waals surface area contributed by atoms with Gasteiger partial charge < -0.3 is 16.8 Å². The van der Waals surface area contributed by atoms with E-state index in [9.17, 15) is 18.8 Å². The van der Waals surface area contributed by atoms with Crippen molar-refractivity contribution in [1.82, 2.24) is 29.7 Å². The minimum atomic E-state index is -2.84. The van der Waals surface area contributed by atoms with E-state index in [1.54, 1.807) is 6.92 Å². The summed E-state index contributed by atoms with van der Waals surface area (Å²) in [5.74, 6) is -0.0340. The quantitative estimate of drug-likeness (QED) is 0.363. The van der Waals surface area contributed by atoms with Gasteiger partial charge in [-0.1, -0.05) is 12.1 Å². The summed E-state index contributed by atoms with van der Waals surface area (Å²) in [4.78, 5) is 25.4.